The first-order valence-corrected chi connectivity index (χ1v) is 9.46. The number of aromatic nitrogens is 4. The van der Waals surface area contributed by atoms with Gasteiger partial charge in [0.25, 0.3) is 11.5 Å². The highest BCUT2D eigenvalue weighted by atomic mass is 16.3. The van der Waals surface area contributed by atoms with Crippen LogP contribution in [0.3, 0.4) is 0 Å². The van der Waals surface area contributed by atoms with Crippen molar-refractivity contribution in [2.45, 2.75) is 44.9 Å². The van der Waals surface area contributed by atoms with Gasteiger partial charge in [0.2, 0.25) is 0 Å². The van der Waals surface area contributed by atoms with Gasteiger partial charge in [-0.2, -0.15) is 0 Å². The molecule has 0 aliphatic heterocycles. The lowest BCUT2D eigenvalue weighted by molar-refractivity contribution is 0.0905. The number of hydrogen-bond donors (Lipinski definition) is 2. The van der Waals surface area contributed by atoms with Crippen molar-refractivity contribution in [3.63, 3.8) is 0 Å². The van der Waals surface area contributed by atoms with Crippen LogP contribution in [0.1, 0.15) is 47.7 Å². The number of aryl methyl sites for hydroxylation is 1. The van der Waals surface area contributed by atoms with E-state index < -0.39 is 0 Å². The van der Waals surface area contributed by atoms with Crippen LogP contribution in [0.25, 0.3) is 10.9 Å². The zero-order valence-corrected chi connectivity index (χ0v) is 15.9. The van der Waals surface area contributed by atoms with Crippen molar-refractivity contribution in [1.82, 2.24) is 24.6 Å². The highest BCUT2D eigenvalue weighted by Crippen LogP contribution is 2.36. The number of aliphatic hydroxyl groups excluding tert-OH is 1. The number of carbonyl (C=O) groups excluding carboxylic acids is 1. The highest BCUT2D eigenvalue weighted by Gasteiger charge is 2.35. The molecule has 1 amide bonds. The summed E-state index contributed by atoms with van der Waals surface area (Å²) in [4.78, 5) is 25.3. The summed E-state index contributed by atoms with van der Waals surface area (Å²) < 4.78 is 3.43. The first-order valence-electron chi connectivity index (χ1n) is 9.46. The Bertz CT molecular complexity index is 1090. The number of aliphatic hydroxyl groups is 1. The number of fused-ring (bicyclic) bond motifs is 1. The molecule has 2 N–H and O–H groups in total. The van der Waals surface area contributed by atoms with E-state index in [0.717, 1.165) is 29.6 Å². The van der Waals surface area contributed by atoms with Crippen LogP contribution >= 0.6 is 0 Å². The monoisotopic (exact) mass is 381 g/mol. The zero-order chi connectivity index (χ0) is 19.8. The Morgan fingerprint density at radius 1 is 1.29 bits per heavy atom. The summed E-state index contributed by atoms with van der Waals surface area (Å²) in [5, 5.41) is 21.4. The molecule has 0 spiro atoms. The normalized spacial score (nSPS) is 18.8. The van der Waals surface area contributed by atoms with Crippen LogP contribution < -0.4 is 10.9 Å². The van der Waals surface area contributed by atoms with Crippen molar-refractivity contribution in [3.05, 3.63) is 57.9 Å². The number of benzene rings is 1. The molecule has 1 aliphatic rings. The fourth-order valence-electron chi connectivity index (χ4n) is 3.91. The van der Waals surface area contributed by atoms with Gasteiger partial charge < -0.3 is 19.6 Å². The molecule has 8 nitrogen and oxygen atoms in total. The number of rotatable bonds is 5. The van der Waals surface area contributed by atoms with Crippen LogP contribution in [0, 0.1) is 0 Å². The van der Waals surface area contributed by atoms with Crippen LogP contribution in [0.4, 0.5) is 0 Å². The number of pyridine rings is 1. The molecule has 8 heteroatoms. The van der Waals surface area contributed by atoms with Gasteiger partial charge in [-0.1, -0.05) is 18.2 Å². The fraction of sp³-hybridized carbons (Fsp3) is 0.400. The van der Waals surface area contributed by atoms with Crippen molar-refractivity contribution in [2.24, 2.45) is 7.05 Å². The number of hydrogen-bond acceptors (Lipinski definition) is 5. The topological polar surface area (TPSA) is 102 Å². The number of amides is 1. The number of nitrogens with zero attached hydrogens (tertiary/aromatic N) is 4. The van der Waals surface area contributed by atoms with Gasteiger partial charge in [-0.25, -0.2) is 0 Å². The molecular weight excluding hydrogens is 358 g/mol. The number of para-hydroxylation sites is 1. The third kappa shape index (κ3) is 2.99. The molecule has 0 atom stereocenters. The molecule has 0 bridgehead atoms. The molecule has 1 fully saturated rings. The van der Waals surface area contributed by atoms with Gasteiger partial charge in [-0.15, -0.1) is 10.2 Å². The fourth-order valence-corrected chi connectivity index (χ4v) is 3.91. The molecule has 146 valence electrons. The molecule has 0 unspecified atom stereocenters. The first kappa shape index (κ1) is 18.4. The predicted octanol–water partition coefficient (Wildman–Crippen LogP) is 1.32. The standard InChI is InChI=1S/C20H23N5O3/c1-3-25-17(11-26)22-23-18(25)13-8-14(9-13)21-19(27)15-10-12-6-4-5-7-16(12)24(2)20(15)28/h4-7,10,13-14,26H,3,8-9,11H2,1-2H3,(H,21,27). The van der Waals surface area contributed by atoms with Crippen molar-refractivity contribution in [1.29, 1.82) is 0 Å². The van der Waals surface area contributed by atoms with E-state index in [1.165, 1.54) is 4.57 Å². The molecule has 1 saturated carbocycles. The minimum Gasteiger partial charge on any atom is -0.388 e. The van der Waals surface area contributed by atoms with Crippen molar-refractivity contribution >= 4 is 16.8 Å². The summed E-state index contributed by atoms with van der Waals surface area (Å²) in [6.07, 6.45) is 1.48. The lowest BCUT2D eigenvalue weighted by atomic mass is 9.79. The Kier molecular flexibility index (Phi) is 4.72. The van der Waals surface area contributed by atoms with Crippen molar-refractivity contribution in [2.75, 3.05) is 0 Å². The second-order valence-corrected chi connectivity index (χ2v) is 7.20. The molecule has 1 aromatic carbocycles. The second-order valence-electron chi connectivity index (χ2n) is 7.20. The molecule has 4 rings (SSSR count). The van der Waals surface area contributed by atoms with Crippen molar-refractivity contribution in [3.8, 4) is 0 Å². The average Bonchev–Trinajstić information content (AvgIpc) is 3.09. The maximum absolute atomic E-state index is 12.7. The van der Waals surface area contributed by atoms with Crippen molar-refractivity contribution < 1.29 is 9.90 Å². The molecule has 0 saturated heterocycles. The Labute approximate surface area is 161 Å². The van der Waals surface area contributed by atoms with E-state index in [2.05, 4.69) is 15.5 Å². The van der Waals surface area contributed by atoms with Gasteiger partial charge in [0.15, 0.2) is 5.82 Å². The maximum Gasteiger partial charge on any atom is 0.263 e. The van der Waals surface area contributed by atoms with Crippen LogP contribution in [0.15, 0.2) is 35.1 Å². The summed E-state index contributed by atoms with van der Waals surface area (Å²) in [6, 6.07) is 9.15. The van der Waals surface area contributed by atoms with E-state index >= 15 is 0 Å². The third-order valence-electron chi connectivity index (χ3n) is 5.53. The summed E-state index contributed by atoms with van der Waals surface area (Å²) in [7, 11) is 1.68. The van der Waals surface area contributed by atoms with Crippen LogP contribution in [0.5, 0.6) is 0 Å². The smallest absolute Gasteiger partial charge is 0.263 e. The summed E-state index contributed by atoms with van der Waals surface area (Å²) >= 11 is 0. The quantitative estimate of drug-likeness (QED) is 0.694. The van der Waals surface area contributed by atoms with Gasteiger partial charge in [-0.3, -0.25) is 9.59 Å². The average molecular weight is 381 g/mol. The van der Waals surface area contributed by atoms with Gasteiger partial charge in [-0.05, 0) is 37.3 Å². The van der Waals surface area contributed by atoms with E-state index in [1.54, 1.807) is 13.1 Å². The van der Waals surface area contributed by atoms with Crippen LogP contribution in [-0.2, 0) is 20.2 Å². The van der Waals surface area contributed by atoms with Crippen LogP contribution in [0.2, 0.25) is 0 Å². The Morgan fingerprint density at radius 2 is 2.04 bits per heavy atom. The molecule has 0 radical (unpaired) electrons. The molecule has 2 aromatic heterocycles. The number of nitrogens with one attached hydrogen (secondary N) is 1. The Balaban J connectivity index is 1.48. The molecular formula is C20H23N5O3. The minimum absolute atomic E-state index is 0.00624. The van der Waals surface area contributed by atoms with E-state index in [-0.39, 0.29) is 35.6 Å². The lowest BCUT2D eigenvalue weighted by Gasteiger charge is -2.35. The lowest BCUT2D eigenvalue weighted by Crippen LogP contribution is -2.45. The Hall–Kier alpha value is -3.00. The largest absolute Gasteiger partial charge is 0.388 e. The first-order chi connectivity index (χ1) is 13.5. The Morgan fingerprint density at radius 3 is 2.75 bits per heavy atom. The van der Waals surface area contributed by atoms with Gasteiger partial charge in [0.1, 0.15) is 18.0 Å². The summed E-state index contributed by atoms with van der Waals surface area (Å²) in [5.41, 5.74) is 0.653. The second kappa shape index (κ2) is 7.20. The highest BCUT2D eigenvalue weighted by molar-refractivity contribution is 5.97. The van der Waals surface area contributed by atoms with E-state index in [0.29, 0.717) is 12.4 Å². The SMILES string of the molecule is CCn1c(CO)nnc1C1CC(NC(=O)c2cc3ccccc3n(C)c2=O)C1. The molecule has 1 aliphatic carbocycles. The maximum atomic E-state index is 12.7. The van der Waals surface area contributed by atoms with Gasteiger partial charge in [0, 0.05) is 25.6 Å². The van der Waals surface area contributed by atoms with E-state index in [1.807, 2.05) is 35.8 Å². The zero-order valence-electron chi connectivity index (χ0n) is 15.9. The van der Waals surface area contributed by atoms with Crippen LogP contribution in [-0.4, -0.2) is 36.4 Å². The molecule has 3 aromatic rings. The predicted molar refractivity (Wildman–Crippen MR) is 104 cm³/mol. The third-order valence-corrected chi connectivity index (χ3v) is 5.53. The molecule has 28 heavy (non-hydrogen) atoms. The van der Waals surface area contributed by atoms with E-state index in [4.69, 9.17) is 0 Å². The number of carbonyl (C=O) groups is 1. The minimum atomic E-state index is -0.345. The molecule has 2 heterocycles. The van der Waals surface area contributed by atoms with Gasteiger partial charge >= 0.3 is 0 Å². The summed E-state index contributed by atoms with van der Waals surface area (Å²) in [6.45, 7) is 2.54. The van der Waals surface area contributed by atoms with E-state index in [9.17, 15) is 14.7 Å². The summed E-state index contributed by atoms with van der Waals surface area (Å²) in [5.74, 6) is 1.25. The van der Waals surface area contributed by atoms with Gasteiger partial charge in [0.05, 0.1) is 5.52 Å².